The third-order valence-corrected chi connectivity index (χ3v) is 5.71. The molecule has 1 fully saturated rings. The second kappa shape index (κ2) is 6.02. The van der Waals surface area contributed by atoms with Crippen molar-refractivity contribution in [1.29, 1.82) is 0 Å². The Kier molecular flexibility index (Phi) is 4.70. The van der Waals surface area contributed by atoms with Gasteiger partial charge < -0.3 is 5.73 Å². The van der Waals surface area contributed by atoms with Crippen molar-refractivity contribution in [2.45, 2.75) is 51.0 Å². The van der Waals surface area contributed by atoms with Crippen molar-refractivity contribution in [2.24, 2.45) is 11.1 Å². The second-order valence-corrected chi connectivity index (χ2v) is 8.03. The van der Waals surface area contributed by atoms with Gasteiger partial charge in [-0.1, -0.05) is 19.8 Å². The zero-order valence-electron chi connectivity index (χ0n) is 12.6. The smallest absolute Gasteiger partial charge is 0.240 e. The van der Waals surface area contributed by atoms with Gasteiger partial charge in [0.2, 0.25) is 10.0 Å². The molecule has 0 bridgehead atoms. The summed E-state index contributed by atoms with van der Waals surface area (Å²) in [5, 5.41) is 0. The van der Waals surface area contributed by atoms with Crippen molar-refractivity contribution in [1.82, 2.24) is 4.72 Å². The van der Waals surface area contributed by atoms with E-state index in [1.54, 1.807) is 6.92 Å². The Labute approximate surface area is 126 Å². The lowest BCUT2D eigenvalue weighted by molar-refractivity contribution is 0.336. The molecule has 0 radical (unpaired) electrons. The van der Waals surface area contributed by atoms with Crippen LogP contribution in [0.5, 0.6) is 0 Å². The molecular formula is C15H23FN2O2S. The van der Waals surface area contributed by atoms with Crippen molar-refractivity contribution in [3.63, 3.8) is 0 Å². The van der Waals surface area contributed by atoms with Gasteiger partial charge in [-0.25, -0.2) is 17.5 Å². The molecule has 0 amide bonds. The average molecular weight is 314 g/mol. The van der Waals surface area contributed by atoms with Crippen LogP contribution in [0.25, 0.3) is 0 Å². The van der Waals surface area contributed by atoms with Gasteiger partial charge in [-0.2, -0.15) is 0 Å². The van der Waals surface area contributed by atoms with E-state index in [1.165, 1.54) is 12.1 Å². The summed E-state index contributed by atoms with van der Waals surface area (Å²) in [5.41, 5.74) is 6.02. The lowest BCUT2D eigenvalue weighted by Crippen LogP contribution is -2.34. The largest absolute Gasteiger partial charge is 0.326 e. The summed E-state index contributed by atoms with van der Waals surface area (Å²) < 4.78 is 41.2. The fourth-order valence-corrected chi connectivity index (χ4v) is 4.20. The van der Waals surface area contributed by atoms with Crippen LogP contribution >= 0.6 is 0 Å². The minimum absolute atomic E-state index is 0.0201. The monoisotopic (exact) mass is 314 g/mol. The molecule has 0 atom stereocenters. The standard InChI is InChI=1S/C15H23FN2O2S/c1-11-7-13(8-12(9-17)14(11)16)21(19,20)18-10-15(2)5-3-4-6-15/h7-8,18H,3-6,9-10,17H2,1-2H3. The molecule has 21 heavy (non-hydrogen) atoms. The number of sulfonamides is 1. The molecule has 6 heteroatoms. The number of rotatable bonds is 5. The molecule has 1 aliphatic rings. The fraction of sp³-hybridized carbons (Fsp3) is 0.600. The molecule has 0 heterocycles. The van der Waals surface area contributed by atoms with E-state index < -0.39 is 15.8 Å². The summed E-state index contributed by atoms with van der Waals surface area (Å²) in [5.74, 6) is -0.431. The predicted octanol–water partition coefficient (Wildman–Crippen LogP) is 2.45. The molecule has 118 valence electrons. The number of hydrogen-bond donors (Lipinski definition) is 2. The Morgan fingerprint density at radius 2 is 1.95 bits per heavy atom. The third-order valence-electron chi connectivity index (χ3n) is 4.33. The zero-order chi connectivity index (χ0) is 15.7. The number of halogens is 1. The van der Waals surface area contributed by atoms with E-state index in [9.17, 15) is 12.8 Å². The highest BCUT2D eigenvalue weighted by atomic mass is 32.2. The van der Waals surface area contributed by atoms with Gasteiger partial charge in [0.15, 0.2) is 0 Å². The first-order valence-corrected chi connectivity index (χ1v) is 8.74. The third kappa shape index (κ3) is 3.62. The number of aryl methyl sites for hydroxylation is 1. The molecule has 1 aromatic rings. The van der Waals surface area contributed by atoms with E-state index in [2.05, 4.69) is 11.6 Å². The fourth-order valence-electron chi connectivity index (χ4n) is 2.87. The minimum atomic E-state index is -3.63. The Bertz CT molecular complexity index is 623. The van der Waals surface area contributed by atoms with E-state index in [0.717, 1.165) is 25.7 Å². The molecular weight excluding hydrogens is 291 g/mol. The molecule has 4 nitrogen and oxygen atoms in total. The summed E-state index contributed by atoms with van der Waals surface area (Å²) in [7, 11) is -3.63. The molecule has 3 N–H and O–H groups in total. The minimum Gasteiger partial charge on any atom is -0.326 e. The highest BCUT2D eigenvalue weighted by Crippen LogP contribution is 2.37. The van der Waals surface area contributed by atoms with E-state index >= 15 is 0 Å². The molecule has 2 rings (SSSR count). The van der Waals surface area contributed by atoms with Crippen LogP contribution in [0.4, 0.5) is 4.39 Å². The molecule has 0 aromatic heterocycles. The molecule has 0 aliphatic heterocycles. The topological polar surface area (TPSA) is 72.2 Å². The Morgan fingerprint density at radius 1 is 1.33 bits per heavy atom. The van der Waals surface area contributed by atoms with Crippen molar-refractivity contribution in [3.05, 3.63) is 29.1 Å². The van der Waals surface area contributed by atoms with Gasteiger partial charge in [-0.15, -0.1) is 0 Å². The summed E-state index contributed by atoms with van der Waals surface area (Å²) in [6.07, 6.45) is 4.36. The maximum atomic E-state index is 13.8. The molecule has 1 aromatic carbocycles. The maximum Gasteiger partial charge on any atom is 0.240 e. The predicted molar refractivity (Wildman–Crippen MR) is 80.8 cm³/mol. The zero-order valence-corrected chi connectivity index (χ0v) is 13.4. The van der Waals surface area contributed by atoms with Crippen LogP contribution in [0, 0.1) is 18.2 Å². The van der Waals surface area contributed by atoms with Crippen molar-refractivity contribution >= 4 is 10.0 Å². The van der Waals surface area contributed by atoms with Gasteiger partial charge in [-0.05, 0) is 42.9 Å². The van der Waals surface area contributed by atoms with Crippen LogP contribution in [-0.4, -0.2) is 15.0 Å². The first kappa shape index (κ1) is 16.4. The van der Waals surface area contributed by atoms with Crippen molar-refractivity contribution in [3.8, 4) is 0 Å². The lowest BCUT2D eigenvalue weighted by atomic mass is 9.89. The first-order valence-electron chi connectivity index (χ1n) is 7.26. The average Bonchev–Trinajstić information content (AvgIpc) is 2.87. The summed E-state index contributed by atoms with van der Waals surface area (Å²) in [6.45, 7) is 4.05. The van der Waals surface area contributed by atoms with Gasteiger partial charge >= 0.3 is 0 Å². The summed E-state index contributed by atoms with van der Waals surface area (Å²) in [4.78, 5) is 0.0865. The van der Waals surface area contributed by atoms with E-state index in [0.29, 0.717) is 12.1 Å². The Balaban J connectivity index is 2.21. The van der Waals surface area contributed by atoms with E-state index in [4.69, 9.17) is 5.73 Å². The van der Waals surface area contributed by atoms with E-state index in [-0.39, 0.29) is 22.4 Å². The van der Waals surface area contributed by atoms with Crippen molar-refractivity contribution in [2.75, 3.05) is 6.54 Å². The second-order valence-electron chi connectivity index (χ2n) is 6.26. The van der Waals surface area contributed by atoms with E-state index in [1.807, 2.05) is 0 Å². The van der Waals surface area contributed by atoms with Gasteiger partial charge in [0.1, 0.15) is 5.82 Å². The van der Waals surface area contributed by atoms with Gasteiger partial charge in [0.05, 0.1) is 4.90 Å². The van der Waals surface area contributed by atoms with Gasteiger partial charge in [0.25, 0.3) is 0 Å². The van der Waals surface area contributed by atoms with Crippen LogP contribution in [0.1, 0.15) is 43.7 Å². The summed E-state index contributed by atoms with van der Waals surface area (Å²) in [6, 6.07) is 2.68. The van der Waals surface area contributed by atoms with Crippen LogP contribution < -0.4 is 10.5 Å². The van der Waals surface area contributed by atoms with Crippen LogP contribution in [-0.2, 0) is 16.6 Å². The van der Waals surface area contributed by atoms with Gasteiger partial charge in [0, 0.05) is 18.7 Å². The van der Waals surface area contributed by atoms with Crippen molar-refractivity contribution < 1.29 is 12.8 Å². The number of hydrogen-bond acceptors (Lipinski definition) is 3. The normalized spacial score (nSPS) is 18.1. The Hall–Kier alpha value is -0.980. The number of nitrogens with two attached hydrogens (primary N) is 1. The first-order chi connectivity index (χ1) is 9.77. The number of nitrogens with one attached hydrogen (secondary N) is 1. The maximum absolute atomic E-state index is 13.8. The van der Waals surface area contributed by atoms with Crippen LogP contribution in [0.15, 0.2) is 17.0 Å². The molecule has 0 spiro atoms. The van der Waals surface area contributed by atoms with Crippen LogP contribution in [0.2, 0.25) is 0 Å². The van der Waals surface area contributed by atoms with Crippen LogP contribution in [0.3, 0.4) is 0 Å². The molecule has 0 unspecified atom stereocenters. The highest BCUT2D eigenvalue weighted by Gasteiger charge is 2.30. The Morgan fingerprint density at radius 3 is 2.52 bits per heavy atom. The number of benzene rings is 1. The summed E-state index contributed by atoms with van der Waals surface area (Å²) >= 11 is 0. The molecule has 1 aliphatic carbocycles. The quantitative estimate of drug-likeness (QED) is 0.877. The molecule has 0 saturated heterocycles. The lowest BCUT2D eigenvalue weighted by Gasteiger charge is -2.23. The highest BCUT2D eigenvalue weighted by molar-refractivity contribution is 7.89. The van der Waals surface area contributed by atoms with Gasteiger partial charge in [-0.3, -0.25) is 0 Å². The molecule has 1 saturated carbocycles. The SMILES string of the molecule is Cc1cc(S(=O)(=O)NCC2(C)CCCC2)cc(CN)c1F.